The van der Waals surface area contributed by atoms with Crippen molar-refractivity contribution >= 4 is 29.9 Å². The summed E-state index contributed by atoms with van der Waals surface area (Å²) in [5.74, 6) is 2.59. The SMILES string of the molecule is CCNC(=NC)NCc1ccc(C)cc1OCC1CC1.I. The number of rotatable bonds is 6. The van der Waals surface area contributed by atoms with E-state index in [4.69, 9.17) is 4.74 Å². The lowest BCUT2D eigenvalue weighted by Gasteiger charge is -2.15. The van der Waals surface area contributed by atoms with Crippen molar-refractivity contribution in [3.8, 4) is 5.75 Å². The average Bonchev–Trinajstić information content (AvgIpc) is 3.26. The fraction of sp³-hybridized carbons (Fsp3) is 0.562. The molecule has 1 saturated carbocycles. The fourth-order valence-electron chi connectivity index (χ4n) is 2.00. The van der Waals surface area contributed by atoms with Crippen LogP contribution in [0.15, 0.2) is 23.2 Å². The minimum Gasteiger partial charge on any atom is -0.493 e. The minimum absolute atomic E-state index is 0. The molecule has 0 aliphatic heterocycles. The number of hydrogen-bond acceptors (Lipinski definition) is 2. The normalized spacial score (nSPS) is 14.3. The Kier molecular flexibility index (Phi) is 7.85. The topological polar surface area (TPSA) is 45.7 Å². The molecule has 0 amide bonds. The summed E-state index contributed by atoms with van der Waals surface area (Å²) in [4.78, 5) is 4.18. The van der Waals surface area contributed by atoms with Crippen molar-refractivity contribution < 1.29 is 4.74 Å². The van der Waals surface area contributed by atoms with Crippen molar-refractivity contribution in [1.82, 2.24) is 10.6 Å². The molecule has 1 fully saturated rings. The van der Waals surface area contributed by atoms with E-state index in [1.54, 1.807) is 7.05 Å². The third-order valence-electron chi connectivity index (χ3n) is 3.41. The summed E-state index contributed by atoms with van der Waals surface area (Å²) in [6, 6.07) is 6.37. The Balaban J connectivity index is 0.00000220. The molecule has 0 unspecified atom stereocenters. The lowest BCUT2D eigenvalue weighted by Crippen LogP contribution is -2.36. The van der Waals surface area contributed by atoms with Gasteiger partial charge in [-0.2, -0.15) is 0 Å². The van der Waals surface area contributed by atoms with Gasteiger partial charge < -0.3 is 15.4 Å². The van der Waals surface area contributed by atoms with Crippen LogP contribution in [0.2, 0.25) is 0 Å². The molecule has 4 nitrogen and oxygen atoms in total. The van der Waals surface area contributed by atoms with Crippen molar-refractivity contribution in [1.29, 1.82) is 0 Å². The van der Waals surface area contributed by atoms with Gasteiger partial charge in [0.2, 0.25) is 0 Å². The minimum atomic E-state index is 0. The maximum atomic E-state index is 5.97. The highest BCUT2D eigenvalue weighted by Crippen LogP contribution is 2.30. The first-order valence-corrected chi connectivity index (χ1v) is 7.39. The van der Waals surface area contributed by atoms with Crippen LogP contribution in [0.5, 0.6) is 5.75 Å². The highest BCUT2D eigenvalue weighted by molar-refractivity contribution is 14.0. The van der Waals surface area contributed by atoms with Crippen LogP contribution in [0.25, 0.3) is 0 Å². The number of nitrogens with zero attached hydrogens (tertiary/aromatic N) is 1. The summed E-state index contributed by atoms with van der Waals surface area (Å²) < 4.78 is 5.97. The lowest BCUT2D eigenvalue weighted by molar-refractivity contribution is 0.296. The Morgan fingerprint density at radius 2 is 2.10 bits per heavy atom. The molecule has 0 atom stereocenters. The van der Waals surface area contributed by atoms with E-state index in [2.05, 4.69) is 47.7 Å². The van der Waals surface area contributed by atoms with Crippen LogP contribution >= 0.6 is 24.0 Å². The highest BCUT2D eigenvalue weighted by Gasteiger charge is 2.22. The molecule has 0 saturated heterocycles. The van der Waals surface area contributed by atoms with E-state index < -0.39 is 0 Å². The summed E-state index contributed by atoms with van der Waals surface area (Å²) in [5.41, 5.74) is 2.41. The highest BCUT2D eigenvalue weighted by atomic mass is 127. The molecule has 2 N–H and O–H groups in total. The molecule has 0 aromatic heterocycles. The summed E-state index contributed by atoms with van der Waals surface area (Å²) in [6.07, 6.45) is 2.62. The second-order valence-electron chi connectivity index (χ2n) is 5.32. The molecule has 1 aromatic rings. The van der Waals surface area contributed by atoms with Gasteiger partial charge in [0.05, 0.1) is 6.61 Å². The smallest absolute Gasteiger partial charge is 0.191 e. The third kappa shape index (κ3) is 6.11. The number of aryl methyl sites for hydroxylation is 1. The molecule has 21 heavy (non-hydrogen) atoms. The van der Waals surface area contributed by atoms with Crippen LogP contribution in [0.3, 0.4) is 0 Å². The fourth-order valence-corrected chi connectivity index (χ4v) is 2.00. The molecule has 0 radical (unpaired) electrons. The molecule has 1 aliphatic rings. The Morgan fingerprint density at radius 1 is 1.33 bits per heavy atom. The first-order valence-electron chi connectivity index (χ1n) is 7.39. The van der Waals surface area contributed by atoms with Gasteiger partial charge >= 0.3 is 0 Å². The van der Waals surface area contributed by atoms with Crippen LogP contribution in [0.1, 0.15) is 30.9 Å². The van der Waals surface area contributed by atoms with Crippen LogP contribution in [0, 0.1) is 12.8 Å². The van der Waals surface area contributed by atoms with Crippen molar-refractivity contribution in [2.75, 3.05) is 20.2 Å². The molecule has 0 spiro atoms. The Hall–Kier alpha value is -0.980. The van der Waals surface area contributed by atoms with Gasteiger partial charge in [0.25, 0.3) is 0 Å². The number of aliphatic imine (C=N–C) groups is 1. The van der Waals surface area contributed by atoms with Crippen LogP contribution < -0.4 is 15.4 Å². The van der Waals surface area contributed by atoms with Crippen molar-refractivity contribution in [3.05, 3.63) is 29.3 Å². The van der Waals surface area contributed by atoms with E-state index >= 15 is 0 Å². The number of halogens is 1. The summed E-state index contributed by atoms with van der Waals surface area (Å²) in [6.45, 7) is 6.58. The Bertz CT molecular complexity index is 473. The van der Waals surface area contributed by atoms with Crippen LogP contribution in [0.4, 0.5) is 0 Å². The summed E-state index contributed by atoms with van der Waals surface area (Å²) >= 11 is 0. The van der Waals surface area contributed by atoms with Crippen LogP contribution in [-0.2, 0) is 6.54 Å². The Labute approximate surface area is 144 Å². The molecule has 118 valence electrons. The molecule has 0 heterocycles. The summed E-state index contributed by atoms with van der Waals surface area (Å²) in [7, 11) is 1.78. The Morgan fingerprint density at radius 3 is 2.71 bits per heavy atom. The van der Waals surface area contributed by atoms with Crippen molar-refractivity contribution in [2.24, 2.45) is 10.9 Å². The number of benzene rings is 1. The van der Waals surface area contributed by atoms with Gasteiger partial charge in [0, 0.05) is 25.7 Å². The lowest BCUT2D eigenvalue weighted by atomic mass is 10.1. The van der Waals surface area contributed by atoms with E-state index in [0.29, 0.717) is 0 Å². The standard InChI is InChI=1S/C16H25N3O.HI/c1-4-18-16(17-3)19-10-14-8-5-12(2)9-15(14)20-11-13-6-7-13;/h5,8-9,13H,4,6-7,10-11H2,1-3H3,(H2,17,18,19);1H. The van der Waals surface area contributed by atoms with Gasteiger partial charge in [-0.15, -0.1) is 24.0 Å². The molecule has 2 rings (SSSR count). The van der Waals surface area contributed by atoms with E-state index in [1.807, 2.05) is 0 Å². The second-order valence-corrected chi connectivity index (χ2v) is 5.32. The first-order chi connectivity index (χ1) is 9.72. The molecular weight excluding hydrogens is 377 g/mol. The maximum Gasteiger partial charge on any atom is 0.191 e. The van der Waals surface area contributed by atoms with Gasteiger partial charge in [-0.3, -0.25) is 4.99 Å². The van der Waals surface area contributed by atoms with E-state index in [-0.39, 0.29) is 24.0 Å². The third-order valence-corrected chi connectivity index (χ3v) is 3.41. The average molecular weight is 403 g/mol. The predicted octanol–water partition coefficient (Wildman–Crippen LogP) is 3.09. The largest absolute Gasteiger partial charge is 0.493 e. The zero-order valence-electron chi connectivity index (χ0n) is 13.1. The number of ether oxygens (including phenoxy) is 1. The maximum absolute atomic E-state index is 5.97. The van der Waals surface area contributed by atoms with Gasteiger partial charge in [-0.05, 0) is 44.2 Å². The van der Waals surface area contributed by atoms with Crippen molar-refractivity contribution in [3.63, 3.8) is 0 Å². The number of nitrogens with one attached hydrogen (secondary N) is 2. The summed E-state index contributed by atoms with van der Waals surface area (Å²) in [5, 5.41) is 6.50. The number of guanidine groups is 1. The van der Waals surface area contributed by atoms with Gasteiger partial charge in [0.15, 0.2) is 5.96 Å². The zero-order chi connectivity index (χ0) is 14.4. The molecule has 1 aromatic carbocycles. The molecule has 5 heteroatoms. The van der Waals surface area contributed by atoms with Gasteiger partial charge in [-0.1, -0.05) is 12.1 Å². The molecule has 0 bridgehead atoms. The predicted molar refractivity (Wildman–Crippen MR) is 98.7 cm³/mol. The van der Waals surface area contributed by atoms with E-state index in [0.717, 1.165) is 37.3 Å². The monoisotopic (exact) mass is 403 g/mol. The second kappa shape index (κ2) is 9.12. The van der Waals surface area contributed by atoms with Gasteiger partial charge in [0.1, 0.15) is 5.75 Å². The van der Waals surface area contributed by atoms with Crippen molar-refractivity contribution in [2.45, 2.75) is 33.2 Å². The van der Waals surface area contributed by atoms with Crippen LogP contribution in [-0.4, -0.2) is 26.2 Å². The first kappa shape index (κ1) is 18.1. The molecular formula is C16H26IN3O. The number of hydrogen-bond donors (Lipinski definition) is 2. The van der Waals surface area contributed by atoms with E-state index in [9.17, 15) is 0 Å². The van der Waals surface area contributed by atoms with E-state index in [1.165, 1.54) is 24.0 Å². The quantitative estimate of drug-likeness (QED) is 0.436. The molecule has 1 aliphatic carbocycles. The van der Waals surface area contributed by atoms with Gasteiger partial charge in [-0.25, -0.2) is 0 Å². The zero-order valence-corrected chi connectivity index (χ0v) is 15.4.